The van der Waals surface area contributed by atoms with Crippen molar-refractivity contribution >= 4 is 28.8 Å². The van der Waals surface area contributed by atoms with Crippen LogP contribution in [0.1, 0.15) is 5.56 Å². The van der Waals surface area contributed by atoms with Crippen molar-refractivity contribution in [1.82, 2.24) is 14.9 Å². The maximum absolute atomic E-state index is 5.39. The topological polar surface area (TPSA) is 61.5 Å². The zero-order valence-electron chi connectivity index (χ0n) is 13.1. The Hall–Kier alpha value is -2.32. The minimum absolute atomic E-state index is 0.690. The van der Waals surface area contributed by atoms with Crippen LogP contribution in [0.5, 0.6) is 11.5 Å². The number of nitrogens with zero attached hydrogens (tertiary/aromatic N) is 4. The Morgan fingerprint density at radius 3 is 2.71 bits per heavy atom. The van der Waals surface area contributed by atoms with Crippen LogP contribution in [0.15, 0.2) is 46.0 Å². The average Bonchev–Trinajstić information content (AvgIpc) is 3.29. The maximum Gasteiger partial charge on any atom is 0.212 e. The molecule has 0 saturated heterocycles. The predicted octanol–water partition coefficient (Wildman–Crippen LogP) is 3.38. The molecular weight excluding hydrogens is 344 g/mol. The van der Waals surface area contributed by atoms with Crippen LogP contribution in [0.4, 0.5) is 0 Å². The van der Waals surface area contributed by atoms with Gasteiger partial charge in [-0.25, -0.2) is 0 Å². The van der Waals surface area contributed by atoms with Crippen molar-refractivity contribution in [1.29, 1.82) is 0 Å². The summed E-state index contributed by atoms with van der Waals surface area (Å²) in [5, 5.41) is 16.1. The minimum atomic E-state index is 0.690. The van der Waals surface area contributed by atoms with Gasteiger partial charge in [0.1, 0.15) is 0 Å². The van der Waals surface area contributed by atoms with Gasteiger partial charge in [0.2, 0.25) is 5.16 Å². The van der Waals surface area contributed by atoms with Gasteiger partial charge in [-0.3, -0.25) is 0 Å². The van der Waals surface area contributed by atoms with E-state index in [0.717, 1.165) is 32.9 Å². The van der Waals surface area contributed by atoms with Crippen LogP contribution in [-0.4, -0.2) is 40.6 Å². The molecule has 8 heteroatoms. The molecule has 1 aromatic carbocycles. The van der Waals surface area contributed by atoms with E-state index in [2.05, 4.69) is 10.2 Å². The SMILES string of the molecule is COc1ccc(C2=Nn3c(nnc3-c3cccs3)SC2)cc1OC. The Morgan fingerprint density at radius 1 is 1.08 bits per heavy atom. The zero-order valence-corrected chi connectivity index (χ0v) is 14.7. The Morgan fingerprint density at radius 2 is 1.96 bits per heavy atom. The second-order valence-electron chi connectivity index (χ2n) is 5.00. The van der Waals surface area contributed by atoms with Crippen LogP contribution >= 0.6 is 23.1 Å². The summed E-state index contributed by atoms with van der Waals surface area (Å²) in [5.41, 5.74) is 1.95. The highest BCUT2D eigenvalue weighted by Crippen LogP contribution is 2.32. The van der Waals surface area contributed by atoms with E-state index in [-0.39, 0.29) is 0 Å². The van der Waals surface area contributed by atoms with Gasteiger partial charge in [-0.15, -0.1) is 21.5 Å². The van der Waals surface area contributed by atoms with Crippen molar-refractivity contribution in [3.8, 4) is 22.2 Å². The van der Waals surface area contributed by atoms with Crippen LogP contribution in [0, 0.1) is 0 Å². The first-order valence-corrected chi connectivity index (χ1v) is 9.09. The normalized spacial score (nSPS) is 13.3. The fraction of sp³-hybridized carbons (Fsp3) is 0.188. The molecule has 0 aliphatic carbocycles. The number of ether oxygens (including phenoxy) is 2. The van der Waals surface area contributed by atoms with Crippen LogP contribution in [0.3, 0.4) is 0 Å². The lowest BCUT2D eigenvalue weighted by molar-refractivity contribution is 0.355. The largest absolute Gasteiger partial charge is 0.493 e. The van der Waals surface area contributed by atoms with Gasteiger partial charge in [0.25, 0.3) is 0 Å². The van der Waals surface area contributed by atoms with E-state index in [0.29, 0.717) is 11.5 Å². The van der Waals surface area contributed by atoms with E-state index in [4.69, 9.17) is 14.6 Å². The van der Waals surface area contributed by atoms with Gasteiger partial charge in [-0.1, -0.05) is 17.8 Å². The third-order valence-corrected chi connectivity index (χ3v) is 5.43. The standard InChI is InChI=1S/C16H14N4O2S2/c1-21-12-6-5-10(8-13(12)22-2)11-9-24-16-18-17-15(20(16)19-11)14-4-3-7-23-14/h3-8H,9H2,1-2H3. The average molecular weight is 358 g/mol. The lowest BCUT2D eigenvalue weighted by Gasteiger charge is -2.15. The number of thiophene rings is 1. The maximum atomic E-state index is 5.39. The molecule has 2 aromatic heterocycles. The molecule has 6 nitrogen and oxygen atoms in total. The first-order chi connectivity index (χ1) is 11.8. The molecule has 24 heavy (non-hydrogen) atoms. The Balaban J connectivity index is 1.77. The van der Waals surface area contributed by atoms with Crippen molar-refractivity contribution in [2.75, 3.05) is 20.0 Å². The second kappa shape index (κ2) is 6.29. The van der Waals surface area contributed by atoms with Crippen LogP contribution in [0.25, 0.3) is 10.7 Å². The molecule has 0 radical (unpaired) electrons. The van der Waals surface area contributed by atoms with E-state index in [9.17, 15) is 0 Å². The highest BCUT2D eigenvalue weighted by atomic mass is 32.2. The lowest BCUT2D eigenvalue weighted by atomic mass is 10.1. The van der Waals surface area contributed by atoms with Crippen molar-refractivity contribution in [2.24, 2.45) is 5.10 Å². The van der Waals surface area contributed by atoms with Gasteiger partial charge < -0.3 is 9.47 Å². The smallest absolute Gasteiger partial charge is 0.212 e. The highest BCUT2D eigenvalue weighted by Gasteiger charge is 2.21. The number of thioether (sulfide) groups is 1. The quantitative estimate of drug-likeness (QED) is 0.715. The third kappa shape index (κ3) is 2.57. The third-order valence-electron chi connectivity index (χ3n) is 3.63. The predicted molar refractivity (Wildman–Crippen MR) is 95.5 cm³/mol. The molecule has 1 aliphatic heterocycles. The van der Waals surface area contributed by atoms with Crippen molar-refractivity contribution in [3.63, 3.8) is 0 Å². The first kappa shape index (κ1) is 15.2. The van der Waals surface area contributed by atoms with E-state index in [1.54, 1.807) is 37.3 Å². The molecule has 122 valence electrons. The van der Waals surface area contributed by atoms with Crippen LogP contribution < -0.4 is 9.47 Å². The summed E-state index contributed by atoms with van der Waals surface area (Å²) in [7, 11) is 3.26. The lowest BCUT2D eigenvalue weighted by Crippen LogP contribution is -2.13. The van der Waals surface area contributed by atoms with Gasteiger partial charge >= 0.3 is 0 Å². The summed E-state index contributed by atoms with van der Waals surface area (Å²) in [4.78, 5) is 1.05. The molecule has 1 aliphatic rings. The number of fused-ring (bicyclic) bond motifs is 1. The molecule has 0 fully saturated rings. The number of hydrogen-bond acceptors (Lipinski definition) is 7. The summed E-state index contributed by atoms with van der Waals surface area (Å²) < 4.78 is 12.5. The molecule has 0 bridgehead atoms. The Bertz CT molecular complexity index is 903. The highest BCUT2D eigenvalue weighted by molar-refractivity contribution is 7.99. The molecule has 0 spiro atoms. The van der Waals surface area contributed by atoms with Gasteiger partial charge in [-0.2, -0.15) is 9.78 Å². The summed E-state index contributed by atoms with van der Waals surface area (Å²) in [6.45, 7) is 0. The Kier molecular flexibility index (Phi) is 3.99. The molecule has 0 amide bonds. The molecular formula is C16H14N4O2S2. The van der Waals surface area contributed by atoms with Gasteiger partial charge in [0, 0.05) is 11.3 Å². The van der Waals surface area contributed by atoms with Gasteiger partial charge in [0.05, 0.1) is 24.8 Å². The number of rotatable bonds is 4. The Labute approximate surface area is 147 Å². The van der Waals surface area contributed by atoms with Gasteiger partial charge in [0.15, 0.2) is 17.3 Å². The van der Waals surface area contributed by atoms with E-state index < -0.39 is 0 Å². The molecule has 3 heterocycles. The van der Waals surface area contributed by atoms with Crippen LogP contribution in [0.2, 0.25) is 0 Å². The van der Waals surface area contributed by atoms with E-state index in [1.807, 2.05) is 40.4 Å². The number of aromatic nitrogens is 3. The fourth-order valence-electron chi connectivity index (χ4n) is 2.44. The van der Waals surface area contributed by atoms with Crippen molar-refractivity contribution in [3.05, 3.63) is 41.3 Å². The molecule has 0 N–H and O–H groups in total. The van der Waals surface area contributed by atoms with E-state index in [1.165, 1.54) is 0 Å². The molecule has 0 atom stereocenters. The number of methoxy groups -OCH3 is 2. The summed E-state index contributed by atoms with van der Waals surface area (Å²) in [6.07, 6.45) is 0. The summed E-state index contributed by atoms with van der Waals surface area (Å²) in [5.74, 6) is 2.90. The van der Waals surface area contributed by atoms with Gasteiger partial charge in [-0.05, 0) is 29.6 Å². The molecule has 3 aromatic rings. The monoisotopic (exact) mass is 358 g/mol. The molecule has 0 unspecified atom stereocenters. The zero-order chi connectivity index (χ0) is 16.5. The fourth-order valence-corrected chi connectivity index (χ4v) is 3.98. The summed E-state index contributed by atoms with van der Waals surface area (Å²) >= 11 is 3.25. The van der Waals surface area contributed by atoms with Crippen LogP contribution in [-0.2, 0) is 0 Å². The number of hydrogen-bond donors (Lipinski definition) is 0. The number of benzene rings is 1. The van der Waals surface area contributed by atoms with Crippen molar-refractivity contribution in [2.45, 2.75) is 5.16 Å². The second-order valence-corrected chi connectivity index (χ2v) is 6.89. The molecule has 4 rings (SSSR count). The summed E-state index contributed by atoms with van der Waals surface area (Å²) in [6, 6.07) is 9.84. The van der Waals surface area contributed by atoms with E-state index >= 15 is 0 Å². The molecule has 0 saturated carbocycles. The first-order valence-electron chi connectivity index (χ1n) is 7.22. The van der Waals surface area contributed by atoms with Crippen molar-refractivity contribution < 1.29 is 9.47 Å². The minimum Gasteiger partial charge on any atom is -0.493 e.